The molecule has 1 aromatic carbocycles. The van der Waals surface area contributed by atoms with Crippen LogP contribution in [-0.2, 0) is 19.5 Å². The Morgan fingerprint density at radius 3 is 2.79 bits per heavy atom. The number of anilines is 1. The van der Waals surface area contributed by atoms with Crippen molar-refractivity contribution in [3.63, 3.8) is 0 Å². The fourth-order valence-corrected chi connectivity index (χ4v) is 3.10. The summed E-state index contributed by atoms with van der Waals surface area (Å²) in [4.78, 5) is 25.6. The van der Waals surface area contributed by atoms with Gasteiger partial charge in [0.25, 0.3) is 5.56 Å². The Hall–Kier alpha value is -2.86. The van der Waals surface area contributed by atoms with E-state index in [0.717, 1.165) is 42.0 Å². The van der Waals surface area contributed by atoms with Gasteiger partial charge in [-0.3, -0.25) is 9.69 Å². The summed E-state index contributed by atoms with van der Waals surface area (Å²) in [6, 6.07) is 11.4. The summed E-state index contributed by atoms with van der Waals surface area (Å²) >= 11 is 0. The normalized spacial score (nSPS) is 14.5. The van der Waals surface area contributed by atoms with Gasteiger partial charge in [0.1, 0.15) is 5.82 Å². The summed E-state index contributed by atoms with van der Waals surface area (Å²) in [6.07, 6.45) is 2.70. The molecule has 1 aliphatic heterocycles. The number of H-pyrrole nitrogens is 2. The quantitative estimate of drug-likeness (QED) is 0.643. The number of nitrogen functional groups attached to an aromatic ring is 1. The van der Waals surface area contributed by atoms with Gasteiger partial charge in [-0.25, -0.2) is 4.98 Å². The molecule has 3 aromatic rings. The minimum atomic E-state index is -0.0528. The second kappa shape index (κ2) is 5.98. The van der Waals surface area contributed by atoms with Gasteiger partial charge in [-0.2, -0.15) is 0 Å². The second-order valence-electron chi connectivity index (χ2n) is 6.12. The first-order chi connectivity index (χ1) is 11.7. The molecule has 4 N–H and O–H groups in total. The number of benzene rings is 1. The van der Waals surface area contributed by atoms with Crippen LogP contribution in [0.5, 0.6) is 0 Å². The number of nitrogens with two attached hydrogens (primary N) is 1. The minimum absolute atomic E-state index is 0.0528. The average molecular weight is 321 g/mol. The third-order valence-corrected chi connectivity index (χ3v) is 4.39. The van der Waals surface area contributed by atoms with Crippen LogP contribution in [-0.4, -0.2) is 26.4 Å². The van der Waals surface area contributed by atoms with Gasteiger partial charge in [-0.05, 0) is 36.4 Å². The van der Waals surface area contributed by atoms with Crippen LogP contribution < -0.4 is 11.3 Å². The molecule has 0 atom stereocenters. The lowest BCUT2D eigenvalue weighted by Crippen LogP contribution is -2.35. The summed E-state index contributed by atoms with van der Waals surface area (Å²) in [7, 11) is 0. The Bertz CT molecular complexity index is 896. The topological polar surface area (TPSA) is 90.8 Å². The molecule has 0 radical (unpaired) electrons. The molecule has 0 fully saturated rings. The molecule has 1 aliphatic rings. The number of aromatic nitrogens is 3. The molecule has 0 saturated carbocycles. The van der Waals surface area contributed by atoms with Crippen LogP contribution in [0.15, 0.2) is 47.4 Å². The van der Waals surface area contributed by atoms with E-state index in [2.05, 4.69) is 25.9 Å². The third kappa shape index (κ3) is 2.83. The highest BCUT2D eigenvalue weighted by atomic mass is 16.1. The van der Waals surface area contributed by atoms with Crippen molar-refractivity contribution in [2.45, 2.75) is 19.5 Å². The van der Waals surface area contributed by atoms with Crippen LogP contribution in [0.4, 0.5) is 5.69 Å². The van der Waals surface area contributed by atoms with Crippen molar-refractivity contribution in [1.29, 1.82) is 0 Å². The largest absolute Gasteiger partial charge is 0.399 e. The molecule has 4 rings (SSSR count). The van der Waals surface area contributed by atoms with Gasteiger partial charge in [-0.15, -0.1) is 0 Å². The summed E-state index contributed by atoms with van der Waals surface area (Å²) < 4.78 is 0. The highest BCUT2D eigenvalue weighted by Crippen LogP contribution is 2.20. The predicted octanol–water partition coefficient (Wildman–Crippen LogP) is 1.91. The lowest BCUT2D eigenvalue weighted by molar-refractivity contribution is 0.239. The highest BCUT2D eigenvalue weighted by molar-refractivity contribution is 5.58. The van der Waals surface area contributed by atoms with E-state index in [1.807, 2.05) is 36.5 Å². The Morgan fingerprint density at radius 1 is 1.21 bits per heavy atom. The second-order valence-corrected chi connectivity index (χ2v) is 6.12. The fourth-order valence-electron chi connectivity index (χ4n) is 3.10. The Labute approximate surface area is 139 Å². The fraction of sp³-hybridized carbons (Fsp3) is 0.222. The number of hydrogen-bond donors (Lipinski definition) is 3. The van der Waals surface area contributed by atoms with E-state index in [1.165, 1.54) is 0 Å². The van der Waals surface area contributed by atoms with Crippen molar-refractivity contribution >= 4 is 5.69 Å². The van der Waals surface area contributed by atoms with E-state index >= 15 is 0 Å². The number of aromatic amines is 2. The summed E-state index contributed by atoms with van der Waals surface area (Å²) in [6.45, 7) is 2.33. The average Bonchev–Trinajstić information content (AvgIpc) is 3.09. The number of hydrogen-bond acceptors (Lipinski definition) is 4. The lowest BCUT2D eigenvalue weighted by Gasteiger charge is -2.27. The SMILES string of the molecule is Nc1ccc(-c2nc3c(c(=O)[nH]2)CN(Cc2ccc[nH]2)CC3)cc1. The number of nitrogens with one attached hydrogen (secondary N) is 2. The number of rotatable bonds is 3. The van der Waals surface area contributed by atoms with Crippen LogP contribution in [0.2, 0.25) is 0 Å². The molecule has 122 valence electrons. The van der Waals surface area contributed by atoms with Gasteiger partial charge in [0, 0.05) is 49.2 Å². The molecule has 0 amide bonds. The predicted molar refractivity (Wildman–Crippen MR) is 93.3 cm³/mol. The van der Waals surface area contributed by atoms with Crippen molar-refractivity contribution in [3.05, 3.63) is 69.9 Å². The number of fused-ring (bicyclic) bond motifs is 1. The first-order valence-corrected chi connectivity index (χ1v) is 8.01. The van der Waals surface area contributed by atoms with Gasteiger partial charge < -0.3 is 15.7 Å². The van der Waals surface area contributed by atoms with E-state index in [9.17, 15) is 4.79 Å². The summed E-state index contributed by atoms with van der Waals surface area (Å²) in [5, 5.41) is 0. The molecule has 3 heterocycles. The van der Waals surface area contributed by atoms with Crippen molar-refractivity contribution in [2.24, 2.45) is 0 Å². The van der Waals surface area contributed by atoms with Gasteiger partial charge in [0.2, 0.25) is 0 Å². The van der Waals surface area contributed by atoms with Crippen molar-refractivity contribution in [2.75, 3.05) is 12.3 Å². The molecule has 2 aromatic heterocycles. The minimum Gasteiger partial charge on any atom is -0.399 e. The smallest absolute Gasteiger partial charge is 0.255 e. The zero-order valence-electron chi connectivity index (χ0n) is 13.2. The lowest BCUT2D eigenvalue weighted by atomic mass is 10.1. The van der Waals surface area contributed by atoms with Crippen molar-refractivity contribution < 1.29 is 0 Å². The van der Waals surface area contributed by atoms with E-state index in [1.54, 1.807) is 0 Å². The van der Waals surface area contributed by atoms with Gasteiger partial charge in [0.15, 0.2) is 0 Å². The first kappa shape index (κ1) is 14.7. The molecule has 0 spiro atoms. The zero-order chi connectivity index (χ0) is 16.5. The molecule has 0 saturated heterocycles. The molecule has 0 aliphatic carbocycles. The van der Waals surface area contributed by atoms with Crippen LogP contribution >= 0.6 is 0 Å². The van der Waals surface area contributed by atoms with Crippen molar-refractivity contribution in [3.8, 4) is 11.4 Å². The van der Waals surface area contributed by atoms with Crippen LogP contribution in [0, 0.1) is 0 Å². The van der Waals surface area contributed by atoms with Gasteiger partial charge in [-0.1, -0.05) is 0 Å². The maximum Gasteiger partial charge on any atom is 0.255 e. The Morgan fingerprint density at radius 2 is 2.04 bits per heavy atom. The van der Waals surface area contributed by atoms with Gasteiger partial charge >= 0.3 is 0 Å². The van der Waals surface area contributed by atoms with E-state index in [-0.39, 0.29) is 5.56 Å². The summed E-state index contributed by atoms with van der Waals surface area (Å²) in [5.41, 5.74) is 10.1. The summed E-state index contributed by atoms with van der Waals surface area (Å²) in [5.74, 6) is 0.608. The first-order valence-electron chi connectivity index (χ1n) is 8.01. The Balaban J connectivity index is 1.61. The number of nitrogens with zero attached hydrogens (tertiary/aromatic N) is 2. The molecule has 6 heteroatoms. The van der Waals surface area contributed by atoms with Gasteiger partial charge in [0.05, 0.1) is 11.3 Å². The van der Waals surface area contributed by atoms with Crippen LogP contribution in [0.1, 0.15) is 17.0 Å². The van der Waals surface area contributed by atoms with E-state index in [0.29, 0.717) is 18.1 Å². The van der Waals surface area contributed by atoms with E-state index < -0.39 is 0 Å². The van der Waals surface area contributed by atoms with Crippen LogP contribution in [0.3, 0.4) is 0 Å². The third-order valence-electron chi connectivity index (χ3n) is 4.39. The monoisotopic (exact) mass is 321 g/mol. The maximum atomic E-state index is 12.5. The standard InChI is InChI=1S/C18H19N5O/c19-13-5-3-12(4-6-13)17-21-16-7-9-23(10-14-2-1-8-20-14)11-15(16)18(24)22-17/h1-6,8,20H,7,9-11,19H2,(H,21,22,24). The van der Waals surface area contributed by atoms with Crippen LogP contribution in [0.25, 0.3) is 11.4 Å². The zero-order valence-corrected chi connectivity index (χ0v) is 13.2. The molecule has 24 heavy (non-hydrogen) atoms. The van der Waals surface area contributed by atoms with E-state index in [4.69, 9.17) is 5.73 Å². The van der Waals surface area contributed by atoms with Crippen molar-refractivity contribution in [1.82, 2.24) is 19.9 Å². The maximum absolute atomic E-state index is 12.5. The molecule has 0 unspecified atom stereocenters. The Kier molecular flexibility index (Phi) is 3.66. The highest BCUT2D eigenvalue weighted by Gasteiger charge is 2.21. The molecular formula is C18H19N5O. The molecular weight excluding hydrogens is 302 g/mol. The molecule has 0 bridgehead atoms. The molecule has 6 nitrogen and oxygen atoms in total.